The van der Waals surface area contributed by atoms with Crippen LogP contribution in [0.2, 0.25) is 0 Å². The molecule has 0 saturated carbocycles. The largest absolute Gasteiger partial charge is 0.491 e. The number of ether oxygens (including phenoxy) is 2. The minimum Gasteiger partial charge on any atom is -0.491 e. The lowest BCUT2D eigenvalue weighted by atomic mass is 10.1. The first kappa shape index (κ1) is 25.3. The van der Waals surface area contributed by atoms with Gasteiger partial charge in [0.05, 0.1) is 18.3 Å². The molecule has 0 fully saturated rings. The fourth-order valence-electron chi connectivity index (χ4n) is 4.07. The van der Waals surface area contributed by atoms with Gasteiger partial charge in [-0.05, 0) is 36.9 Å². The smallest absolute Gasteiger partial charge is 0.259 e. The lowest BCUT2D eigenvalue weighted by molar-refractivity contribution is 0.187. The van der Waals surface area contributed by atoms with Gasteiger partial charge in [-0.25, -0.2) is 9.97 Å². The topological polar surface area (TPSA) is 81.5 Å². The van der Waals surface area contributed by atoms with E-state index in [0.717, 1.165) is 41.9 Å². The van der Waals surface area contributed by atoms with Crippen LogP contribution >= 0.6 is 0 Å². The summed E-state index contributed by atoms with van der Waals surface area (Å²) in [6.07, 6.45) is 3.48. The van der Waals surface area contributed by atoms with Gasteiger partial charge in [-0.1, -0.05) is 44.2 Å². The highest BCUT2D eigenvalue weighted by Gasteiger charge is 2.12. The molecule has 4 rings (SSSR count). The van der Waals surface area contributed by atoms with E-state index in [1.165, 1.54) is 0 Å². The maximum absolute atomic E-state index is 13.4. The molecule has 0 radical (unpaired) electrons. The SMILES string of the molecule is CCN(CC)CCOc1ccc(Nc2cc3c(cn2)cc(-c2ccccc2)c(=O)n3CCOC)nc1. The summed E-state index contributed by atoms with van der Waals surface area (Å²) in [5.41, 5.74) is 2.24. The van der Waals surface area contributed by atoms with Crippen LogP contribution in [-0.2, 0) is 11.3 Å². The number of hydrogen-bond donors (Lipinski definition) is 1. The molecule has 0 bridgehead atoms. The highest BCUT2D eigenvalue weighted by molar-refractivity contribution is 5.85. The number of nitrogens with zero attached hydrogens (tertiary/aromatic N) is 4. The van der Waals surface area contributed by atoms with E-state index in [1.807, 2.05) is 54.6 Å². The maximum atomic E-state index is 13.4. The zero-order valence-corrected chi connectivity index (χ0v) is 21.1. The van der Waals surface area contributed by atoms with E-state index in [-0.39, 0.29) is 5.56 Å². The predicted octanol–water partition coefficient (Wildman–Crippen LogP) is 4.57. The number of aromatic nitrogens is 3. The predicted molar refractivity (Wildman–Crippen MR) is 144 cm³/mol. The number of rotatable bonds is 12. The molecule has 1 N–H and O–H groups in total. The van der Waals surface area contributed by atoms with E-state index in [1.54, 1.807) is 24.1 Å². The molecule has 0 saturated heterocycles. The number of fused-ring (bicyclic) bond motifs is 1. The number of nitrogens with one attached hydrogen (secondary N) is 1. The first-order valence-corrected chi connectivity index (χ1v) is 12.3. The van der Waals surface area contributed by atoms with Crippen molar-refractivity contribution in [1.82, 2.24) is 19.4 Å². The molecule has 1 aromatic carbocycles. The molecule has 188 valence electrons. The number of likely N-dealkylation sites (N-methyl/N-ethyl adjacent to an activating group) is 1. The molecule has 0 aliphatic heterocycles. The first-order chi connectivity index (χ1) is 17.6. The van der Waals surface area contributed by atoms with E-state index in [4.69, 9.17) is 9.47 Å². The Balaban J connectivity index is 1.55. The van der Waals surface area contributed by atoms with Crippen molar-refractivity contribution < 1.29 is 9.47 Å². The van der Waals surface area contributed by atoms with Crippen LogP contribution in [0.1, 0.15) is 13.8 Å². The van der Waals surface area contributed by atoms with Gasteiger partial charge in [0, 0.05) is 43.4 Å². The standard InChI is InChI=1S/C28H33N5O3/c1-4-32(5-2)13-16-36-23-11-12-26(30-20-23)31-27-18-25-22(19-29-27)17-24(21-9-7-6-8-10-21)28(34)33(25)14-15-35-3/h6-12,17-20H,4-5,13-16H2,1-3H3,(H,29,30,31). The minimum atomic E-state index is -0.0627. The highest BCUT2D eigenvalue weighted by Crippen LogP contribution is 2.24. The molecule has 0 atom stereocenters. The van der Waals surface area contributed by atoms with Crippen molar-refractivity contribution in [3.05, 3.63) is 77.3 Å². The van der Waals surface area contributed by atoms with E-state index in [2.05, 4.69) is 34.0 Å². The van der Waals surface area contributed by atoms with E-state index < -0.39 is 0 Å². The Kier molecular flexibility index (Phi) is 8.65. The molecular formula is C28H33N5O3. The van der Waals surface area contributed by atoms with Crippen molar-refractivity contribution >= 4 is 22.5 Å². The average molecular weight is 488 g/mol. The third kappa shape index (κ3) is 6.08. The molecule has 0 aliphatic rings. The molecule has 4 aromatic rings. The zero-order chi connectivity index (χ0) is 25.3. The van der Waals surface area contributed by atoms with Gasteiger partial charge < -0.3 is 24.3 Å². The summed E-state index contributed by atoms with van der Waals surface area (Å²) < 4.78 is 12.8. The third-order valence-electron chi connectivity index (χ3n) is 6.15. The summed E-state index contributed by atoms with van der Waals surface area (Å²) >= 11 is 0. The van der Waals surface area contributed by atoms with Gasteiger partial charge in [0.15, 0.2) is 0 Å². The highest BCUT2D eigenvalue weighted by atomic mass is 16.5. The van der Waals surface area contributed by atoms with E-state index in [0.29, 0.717) is 37.0 Å². The van der Waals surface area contributed by atoms with Gasteiger partial charge in [-0.3, -0.25) is 4.79 Å². The molecular weight excluding hydrogens is 454 g/mol. The van der Waals surface area contributed by atoms with E-state index >= 15 is 0 Å². The Hall–Kier alpha value is -3.75. The maximum Gasteiger partial charge on any atom is 0.259 e. The van der Waals surface area contributed by atoms with Crippen molar-refractivity contribution in [3.8, 4) is 16.9 Å². The summed E-state index contributed by atoms with van der Waals surface area (Å²) in [5.74, 6) is 1.97. The third-order valence-corrected chi connectivity index (χ3v) is 6.15. The summed E-state index contributed by atoms with van der Waals surface area (Å²) in [7, 11) is 1.63. The second kappa shape index (κ2) is 12.3. The van der Waals surface area contributed by atoms with Gasteiger partial charge in [-0.15, -0.1) is 0 Å². The quantitative estimate of drug-likeness (QED) is 0.313. The second-order valence-corrected chi connectivity index (χ2v) is 8.38. The summed E-state index contributed by atoms with van der Waals surface area (Å²) in [6, 6.07) is 17.2. The number of benzene rings is 1. The lowest BCUT2D eigenvalue weighted by Gasteiger charge is -2.18. The van der Waals surface area contributed by atoms with Crippen molar-refractivity contribution in [1.29, 1.82) is 0 Å². The van der Waals surface area contributed by atoms with Gasteiger partial charge in [0.1, 0.15) is 24.0 Å². The Morgan fingerprint density at radius 1 is 0.944 bits per heavy atom. The molecule has 36 heavy (non-hydrogen) atoms. The van der Waals surface area contributed by atoms with Crippen LogP contribution in [0.25, 0.3) is 22.0 Å². The Morgan fingerprint density at radius 2 is 1.72 bits per heavy atom. The lowest BCUT2D eigenvalue weighted by Crippen LogP contribution is -2.27. The Labute approximate surface area is 211 Å². The fourth-order valence-corrected chi connectivity index (χ4v) is 4.07. The van der Waals surface area contributed by atoms with Gasteiger partial charge in [0.2, 0.25) is 0 Å². The summed E-state index contributed by atoms with van der Waals surface area (Å²) in [4.78, 5) is 24.7. The van der Waals surface area contributed by atoms with Crippen LogP contribution in [0.15, 0.2) is 71.8 Å². The average Bonchev–Trinajstić information content (AvgIpc) is 2.92. The van der Waals surface area contributed by atoms with Crippen molar-refractivity contribution in [2.24, 2.45) is 0 Å². The Bertz CT molecular complexity index is 1320. The fraction of sp³-hybridized carbons (Fsp3) is 0.321. The number of hydrogen-bond acceptors (Lipinski definition) is 7. The zero-order valence-electron chi connectivity index (χ0n) is 21.1. The number of methoxy groups -OCH3 is 1. The minimum absolute atomic E-state index is 0.0627. The molecule has 8 heteroatoms. The van der Waals surface area contributed by atoms with Crippen molar-refractivity contribution in [2.45, 2.75) is 20.4 Å². The molecule has 0 spiro atoms. The molecule has 0 unspecified atom stereocenters. The van der Waals surface area contributed by atoms with Gasteiger partial charge >= 0.3 is 0 Å². The summed E-state index contributed by atoms with van der Waals surface area (Å²) in [6.45, 7) is 8.66. The van der Waals surface area contributed by atoms with Crippen LogP contribution < -0.4 is 15.6 Å². The second-order valence-electron chi connectivity index (χ2n) is 8.38. The van der Waals surface area contributed by atoms with Crippen LogP contribution in [0.5, 0.6) is 5.75 Å². The molecule has 0 amide bonds. The molecule has 3 aromatic heterocycles. The molecule has 3 heterocycles. The van der Waals surface area contributed by atoms with Crippen molar-refractivity contribution in [2.75, 3.05) is 45.3 Å². The molecule has 8 nitrogen and oxygen atoms in total. The number of anilines is 2. The molecule has 0 aliphatic carbocycles. The van der Waals surface area contributed by atoms with Crippen LogP contribution in [0, 0.1) is 0 Å². The van der Waals surface area contributed by atoms with Crippen LogP contribution in [-0.4, -0.2) is 59.4 Å². The van der Waals surface area contributed by atoms with Crippen LogP contribution in [0.4, 0.5) is 11.6 Å². The van der Waals surface area contributed by atoms with Crippen molar-refractivity contribution in [3.63, 3.8) is 0 Å². The van der Waals surface area contributed by atoms with E-state index in [9.17, 15) is 4.79 Å². The van der Waals surface area contributed by atoms with Gasteiger partial charge in [0.25, 0.3) is 5.56 Å². The number of pyridine rings is 3. The monoisotopic (exact) mass is 487 g/mol. The van der Waals surface area contributed by atoms with Gasteiger partial charge in [-0.2, -0.15) is 0 Å². The van der Waals surface area contributed by atoms with Crippen LogP contribution in [0.3, 0.4) is 0 Å². The summed E-state index contributed by atoms with van der Waals surface area (Å²) in [5, 5.41) is 4.11. The first-order valence-electron chi connectivity index (χ1n) is 12.3. The normalized spacial score (nSPS) is 11.2. The Morgan fingerprint density at radius 3 is 2.42 bits per heavy atom.